The van der Waals surface area contributed by atoms with Crippen molar-refractivity contribution in [2.45, 2.75) is 65.7 Å². The molecule has 8 rings (SSSR count). The van der Waals surface area contributed by atoms with Crippen LogP contribution in [-0.2, 0) is 11.2 Å². The first-order valence-electron chi connectivity index (χ1n) is 12.7. The number of halogens is 5. The molecule has 4 aliphatic rings. The van der Waals surface area contributed by atoms with Crippen molar-refractivity contribution in [1.29, 1.82) is 0 Å². The molecule has 0 N–H and O–H groups in total. The summed E-state index contributed by atoms with van der Waals surface area (Å²) >= 11 is 15.2. The number of hydrogen-bond donors (Lipinski definition) is 0. The van der Waals surface area contributed by atoms with Gasteiger partial charge in [-0.1, -0.05) is 11.8 Å². The second-order valence-electron chi connectivity index (χ2n) is 8.72. The Labute approximate surface area is 333 Å². The first-order chi connectivity index (χ1) is 21.2. The molecule has 0 fully saturated rings. The average molecular weight is 1110 g/mol. The second-order valence-corrected chi connectivity index (χ2v) is 32.0. The van der Waals surface area contributed by atoms with Gasteiger partial charge in [0, 0.05) is 26.3 Å². The molecule has 2 atom stereocenters. The molecule has 0 spiro atoms. The summed E-state index contributed by atoms with van der Waals surface area (Å²) in [4.78, 5) is 10.8. The van der Waals surface area contributed by atoms with E-state index in [4.69, 9.17) is 30.3 Å². The van der Waals surface area contributed by atoms with E-state index in [2.05, 4.69) is 30.0 Å². The Hall–Kier alpha value is 3.53. The molecule has 0 aromatic carbocycles. The SMILES string of the molecule is Cc1sc(-c2sc(C)c3c2[Se]CC[Se]3)c2c1SC(F)CS2.FC1CSc2cscc2S1.[Cl][Fe]([Cl])[Cl].c1scc2c1[Se]CC[Se]2. The molecule has 4 aliphatic heterocycles. The van der Waals surface area contributed by atoms with Crippen LogP contribution >= 0.6 is 123 Å². The Morgan fingerprint density at radius 2 is 1.20 bits per heavy atom. The van der Waals surface area contributed by atoms with Crippen LogP contribution in [0.3, 0.4) is 0 Å². The van der Waals surface area contributed by atoms with Gasteiger partial charge in [0.1, 0.15) is 0 Å². The van der Waals surface area contributed by atoms with Crippen LogP contribution in [0.4, 0.5) is 8.78 Å². The van der Waals surface area contributed by atoms with E-state index in [1.54, 1.807) is 57.6 Å². The summed E-state index contributed by atoms with van der Waals surface area (Å²) in [5.74, 6) is 1.21. The van der Waals surface area contributed by atoms with E-state index in [0.29, 0.717) is 41.4 Å². The molecule has 243 valence electrons. The average Bonchev–Trinajstić information content (AvgIpc) is 3.80. The Morgan fingerprint density at radius 3 is 1.91 bits per heavy atom. The van der Waals surface area contributed by atoms with Gasteiger partial charge in [0.2, 0.25) is 0 Å². The Bertz CT molecular complexity index is 1510. The molecule has 0 amide bonds. The molecule has 0 aliphatic carbocycles. The molecular formula is C26H24Cl3F2FeS8Se4. The molecule has 4 aromatic heterocycles. The van der Waals surface area contributed by atoms with Crippen molar-refractivity contribution < 1.29 is 19.9 Å². The van der Waals surface area contributed by atoms with Crippen molar-refractivity contribution in [3.63, 3.8) is 0 Å². The van der Waals surface area contributed by atoms with Crippen molar-refractivity contribution in [3.05, 3.63) is 31.3 Å². The fraction of sp³-hybridized carbons (Fsp3) is 0.385. The van der Waals surface area contributed by atoms with E-state index in [9.17, 15) is 8.78 Å². The van der Waals surface area contributed by atoms with Crippen molar-refractivity contribution in [2.75, 3.05) is 11.5 Å². The van der Waals surface area contributed by atoms with Gasteiger partial charge in [-0.05, 0) is 0 Å². The van der Waals surface area contributed by atoms with Crippen molar-refractivity contribution in [3.8, 4) is 9.75 Å². The van der Waals surface area contributed by atoms with Crippen LogP contribution in [0.2, 0.25) is 21.3 Å². The van der Waals surface area contributed by atoms with Gasteiger partial charge in [-0.15, -0.1) is 11.8 Å². The maximum atomic E-state index is 13.7. The van der Waals surface area contributed by atoms with Gasteiger partial charge >= 0.3 is 267 Å². The number of aryl methyl sites for hydroxylation is 2. The third-order valence-electron chi connectivity index (χ3n) is 5.77. The molecule has 2 unspecified atom stereocenters. The normalized spacial score (nSPS) is 20.2. The summed E-state index contributed by atoms with van der Waals surface area (Å²) in [7, 11) is 14.7. The second kappa shape index (κ2) is 19.4. The first kappa shape index (κ1) is 38.8. The fourth-order valence-electron chi connectivity index (χ4n) is 4.06. The Balaban J connectivity index is 0.000000138. The molecule has 44 heavy (non-hydrogen) atoms. The predicted molar refractivity (Wildman–Crippen MR) is 207 cm³/mol. The predicted octanol–water partition coefficient (Wildman–Crippen LogP) is 9.66. The number of alkyl halides is 2. The number of thiophene rings is 4. The summed E-state index contributed by atoms with van der Waals surface area (Å²) in [6, 6.07) is 0. The van der Waals surface area contributed by atoms with Gasteiger partial charge in [0.25, 0.3) is 0 Å². The Morgan fingerprint density at radius 1 is 0.659 bits per heavy atom. The van der Waals surface area contributed by atoms with E-state index >= 15 is 0 Å². The van der Waals surface area contributed by atoms with Crippen LogP contribution < -0.4 is 17.8 Å². The quantitative estimate of drug-likeness (QED) is 0.174. The molecule has 0 bridgehead atoms. The topological polar surface area (TPSA) is 0 Å². The van der Waals surface area contributed by atoms with Crippen molar-refractivity contribution in [1.82, 2.24) is 0 Å². The third kappa shape index (κ3) is 10.8. The molecule has 0 saturated carbocycles. The number of fused-ring (bicyclic) bond motifs is 4. The van der Waals surface area contributed by atoms with Crippen molar-refractivity contribution >= 4 is 200 Å². The van der Waals surface area contributed by atoms with Crippen LogP contribution in [0.5, 0.6) is 0 Å². The summed E-state index contributed by atoms with van der Waals surface area (Å²) in [6.45, 7) is 4.45. The van der Waals surface area contributed by atoms with E-state index in [1.165, 1.54) is 74.1 Å². The molecule has 18 heteroatoms. The summed E-state index contributed by atoms with van der Waals surface area (Å²) in [5.41, 5.74) is -1.44. The van der Waals surface area contributed by atoms with Crippen LogP contribution in [-0.4, -0.2) is 82.3 Å². The minimum absolute atomic E-state index is 0.600. The number of hydrogen-bond acceptors (Lipinski definition) is 8. The van der Waals surface area contributed by atoms with E-state index in [-0.39, 0.29) is 0 Å². The van der Waals surface area contributed by atoms with E-state index in [1.807, 2.05) is 39.4 Å². The fourth-order valence-corrected chi connectivity index (χ4v) is 28.1. The summed E-state index contributed by atoms with van der Waals surface area (Å²) in [6.07, 6.45) is 0. The van der Waals surface area contributed by atoms with E-state index in [0.717, 1.165) is 34.8 Å². The summed E-state index contributed by atoms with van der Waals surface area (Å²) < 4.78 is 33.2. The van der Waals surface area contributed by atoms with Gasteiger partial charge in [0.15, 0.2) is 5.50 Å². The monoisotopic (exact) mass is 1110 g/mol. The molecule has 0 nitrogen and oxygen atoms in total. The van der Waals surface area contributed by atoms with E-state index < -0.39 is 22.2 Å². The molecule has 0 saturated heterocycles. The molecular weight excluding hydrogens is 1080 g/mol. The van der Waals surface area contributed by atoms with Crippen LogP contribution in [0, 0.1) is 13.8 Å². The Kier molecular flexibility index (Phi) is 17.1. The van der Waals surface area contributed by atoms with Gasteiger partial charge in [-0.25, -0.2) is 4.39 Å². The standard InChI is InChI=1S/C14H13FS4Se2.C6H5FS3.C6H6SSe2.3ClH.Fe/c1-6-9-10(16-5-8(15)19-9)11(17-6)12-14-13(7(2)18-12)20-3-4-21-14;7-6-3-9-4-1-8-2-5(4)10-6;1-2-9-6-4-7-3-5(6)8-1;;;;/h8H,3-5H2,1-2H3;1-2,6H,3H2;3-4H,1-2H2;3*1H;/q;;;;;;+3/p-3. The zero-order valence-electron chi connectivity index (χ0n) is 22.8. The minimum atomic E-state index is -1.33. The van der Waals surface area contributed by atoms with Crippen LogP contribution in [0.15, 0.2) is 41.1 Å². The number of rotatable bonds is 1. The first-order valence-corrected chi connectivity index (χ1v) is 32.7. The van der Waals surface area contributed by atoms with Crippen LogP contribution in [0.1, 0.15) is 9.75 Å². The number of thioether (sulfide) groups is 4. The third-order valence-corrected chi connectivity index (χ3v) is 29.8. The molecule has 8 heterocycles. The van der Waals surface area contributed by atoms with Gasteiger partial charge in [-0.3, -0.25) is 0 Å². The molecule has 0 radical (unpaired) electrons. The van der Waals surface area contributed by atoms with Gasteiger partial charge < -0.3 is 0 Å². The van der Waals surface area contributed by atoms with Gasteiger partial charge in [-0.2, -0.15) is 11.3 Å². The maximum absolute atomic E-state index is 13.7. The van der Waals surface area contributed by atoms with Crippen LogP contribution in [0.25, 0.3) is 9.75 Å². The zero-order valence-corrected chi connectivity index (χ0v) is 39.6. The summed E-state index contributed by atoms with van der Waals surface area (Å²) in [5, 5.41) is 14.6. The van der Waals surface area contributed by atoms with Crippen molar-refractivity contribution in [2.24, 2.45) is 0 Å². The molecule has 4 aromatic rings. The van der Waals surface area contributed by atoms with Gasteiger partial charge in [0.05, 0.1) is 0 Å². The zero-order chi connectivity index (χ0) is 31.2.